The van der Waals surface area contributed by atoms with E-state index in [1.54, 1.807) is 12.1 Å². The summed E-state index contributed by atoms with van der Waals surface area (Å²) in [6, 6.07) is 6.09. The number of hydrogen-bond acceptors (Lipinski definition) is 2. The molecule has 0 unspecified atom stereocenters. The van der Waals surface area contributed by atoms with Crippen LogP contribution in [0.25, 0.3) is 0 Å². The highest BCUT2D eigenvalue weighted by Crippen LogP contribution is 2.27. The van der Waals surface area contributed by atoms with Crippen molar-refractivity contribution in [3.63, 3.8) is 0 Å². The Kier molecular flexibility index (Phi) is 3.43. The highest BCUT2D eigenvalue weighted by atomic mass is 19.1. The van der Waals surface area contributed by atoms with E-state index >= 15 is 0 Å². The van der Waals surface area contributed by atoms with Crippen LogP contribution in [0.4, 0.5) is 4.39 Å². The Bertz CT molecular complexity index is 396. The molecule has 0 spiro atoms. The summed E-state index contributed by atoms with van der Waals surface area (Å²) >= 11 is 0. The lowest BCUT2D eigenvalue weighted by atomic mass is 9.98. The van der Waals surface area contributed by atoms with Crippen molar-refractivity contribution in [2.45, 2.75) is 37.8 Å². The number of rotatable bonds is 3. The maximum absolute atomic E-state index is 12.7. The van der Waals surface area contributed by atoms with Gasteiger partial charge in [-0.15, -0.1) is 0 Å². The zero-order valence-electron chi connectivity index (χ0n) is 9.71. The fourth-order valence-corrected chi connectivity index (χ4v) is 2.19. The van der Waals surface area contributed by atoms with Gasteiger partial charge < -0.3 is 11.1 Å². The second-order valence-electron chi connectivity index (χ2n) is 4.67. The van der Waals surface area contributed by atoms with Crippen LogP contribution in [0.5, 0.6) is 0 Å². The predicted octanol–water partition coefficient (Wildman–Crippen LogP) is 1.71. The molecule has 1 aliphatic rings. The van der Waals surface area contributed by atoms with E-state index in [2.05, 4.69) is 5.32 Å². The largest absolute Gasteiger partial charge is 0.350 e. The second-order valence-corrected chi connectivity index (χ2v) is 4.67. The van der Waals surface area contributed by atoms with E-state index in [1.165, 1.54) is 12.1 Å². The van der Waals surface area contributed by atoms with E-state index in [0.29, 0.717) is 6.54 Å². The van der Waals surface area contributed by atoms with Gasteiger partial charge in [0, 0.05) is 6.54 Å². The Morgan fingerprint density at radius 1 is 1.29 bits per heavy atom. The maximum Gasteiger partial charge on any atom is 0.240 e. The third kappa shape index (κ3) is 2.82. The van der Waals surface area contributed by atoms with E-state index in [-0.39, 0.29) is 11.7 Å². The third-order valence-corrected chi connectivity index (χ3v) is 3.31. The van der Waals surface area contributed by atoms with E-state index < -0.39 is 5.54 Å². The number of amides is 1. The van der Waals surface area contributed by atoms with E-state index in [4.69, 9.17) is 5.73 Å². The number of carbonyl (C=O) groups is 1. The summed E-state index contributed by atoms with van der Waals surface area (Å²) in [6.07, 6.45) is 3.53. The second kappa shape index (κ2) is 4.84. The molecular formula is C13H17FN2O. The Hall–Kier alpha value is -1.42. The minimum atomic E-state index is -0.694. The van der Waals surface area contributed by atoms with Crippen LogP contribution in [-0.2, 0) is 11.3 Å². The number of benzene rings is 1. The van der Waals surface area contributed by atoms with Gasteiger partial charge in [0.1, 0.15) is 5.82 Å². The Balaban J connectivity index is 1.89. The highest BCUT2D eigenvalue weighted by Gasteiger charge is 2.36. The molecule has 1 aromatic carbocycles. The molecule has 3 nitrogen and oxygen atoms in total. The van der Waals surface area contributed by atoms with Crippen LogP contribution in [-0.4, -0.2) is 11.4 Å². The molecule has 0 aromatic heterocycles. The van der Waals surface area contributed by atoms with Gasteiger partial charge in [0.2, 0.25) is 5.91 Å². The topological polar surface area (TPSA) is 55.1 Å². The molecule has 92 valence electrons. The smallest absolute Gasteiger partial charge is 0.240 e. The number of nitrogens with two attached hydrogens (primary N) is 1. The number of halogens is 1. The molecule has 1 aromatic rings. The van der Waals surface area contributed by atoms with Crippen molar-refractivity contribution in [3.05, 3.63) is 35.6 Å². The summed E-state index contributed by atoms with van der Waals surface area (Å²) in [7, 11) is 0. The van der Waals surface area contributed by atoms with Gasteiger partial charge in [-0.3, -0.25) is 4.79 Å². The minimum Gasteiger partial charge on any atom is -0.350 e. The first kappa shape index (κ1) is 12.0. The van der Waals surface area contributed by atoms with Gasteiger partial charge in [0.15, 0.2) is 0 Å². The lowest BCUT2D eigenvalue weighted by molar-refractivity contribution is -0.126. The van der Waals surface area contributed by atoms with Crippen molar-refractivity contribution in [1.29, 1.82) is 0 Å². The molecule has 2 rings (SSSR count). The number of hydrogen-bond donors (Lipinski definition) is 2. The van der Waals surface area contributed by atoms with Crippen molar-refractivity contribution in [2.75, 3.05) is 0 Å². The Labute approximate surface area is 100 Å². The lowest BCUT2D eigenvalue weighted by Crippen LogP contribution is -2.51. The first-order chi connectivity index (χ1) is 8.10. The fraction of sp³-hybridized carbons (Fsp3) is 0.462. The van der Waals surface area contributed by atoms with Gasteiger partial charge >= 0.3 is 0 Å². The molecule has 1 amide bonds. The fourth-order valence-electron chi connectivity index (χ4n) is 2.19. The van der Waals surface area contributed by atoms with Crippen LogP contribution in [0.15, 0.2) is 24.3 Å². The molecular weight excluding hydrogens is 219 g/mol. The Morgan fingerprint density at radius 2 is 1.88 bits per heavy atom. The van der Waals surface area contributed by atoms with Crippen LogP contribution >= 0.6 is 0 Å². The van der Waals surface area contributed by atoms with Crippen LogP contribution in [0.2, 0.25) is 0 Å². The standard InChI is InChI=1S/C13H17FN2O/c14-11-5-3-10(4-6-11)9-16-12(17)13(15)7-1-2-8-13/h3-6H,1-2,7-9,15H2,(H,16,17). The van der Waals surface area contributed by atoms with E-state index in [1.807, 2.05) is 0 Å². The summed E-state index contributed by atoms with van der Waals surface area (Å²) in [5, 5.41) is 2.81. The molecule has 1 fully saturated rings. The zero-order valence-corrected chi connectivity index (χ0v) is 9.71. The summed E-state index contributed by atoms with van der Waals surface area (Å²) < 4.78 is 12.7. The normalized spacial score (nSPS) is 18.0. The first-order valence-electron chi connectivity index (χ1n) is 5.92. The van der Waals surface area contributed by atoms with Crippen LogP contribution in [0, 0.1) is 5.82 Å². The molecule has 0 aliphatic heterocycles. The van der Waals surface area contributed by atoms with Gasteiger partial charge in [0.05, 0.1) is 5.54 Å². The monoisotopic (exact) mass is 236 g/mol. The average molecular weight is 236 g/mol. The molecule has 0 bridgehead atoms. The van der Waals surface area contributed by atoms with Gasteiger partial charge in [-0.2, -0.15) is 0 Å². The third-order valence-electron chi connectivity index (χ3n) is 3.31. The van der Waals surface area contributed by atoms with Crippen molar-refractivity contribution < 1.29 is 9.18 Å². The van der Waals surface area contributed by atoms with Crippen molar-refractivity contribution >= 4 is 5.91 Å². The summed E-state index contributed by atoms with van der Waals surface area (Å²) in [4.78, 5) is 11.9. The van der Waals surface area contributed by atoms with E-state index in [0.717, 1.165) is 31.2 Å². The predicted molar refractivity (Wildman–Crippen MR) is 63.6 cm³/mol. The molecule has 0 heterocycles. The molecule has 0 saturated heterocycles. The van der Waals surface area contributed by atoms with Crippen LogP contribution in [0.3, 0.4) is 0 Å². The van der Waals surface area contributed by atoms with Gasteiger partial charge in [-0.05, 0) is 30.5 Å². The number of nitrogens with one attached hydrogen (secondary N) is 1. The molecule has 3 N–H and O–H groups in total. The molecule has 17 heavy (non-hydrogen) atoms. The van der Waals surface area contributed by atoms with Gasteiger partial charge in [0.25, 0.3) is 0 Å². The van der Waals surface area contributed by atoms with Gasteiger partial charge in [-0.1, -0.05) is 25.0 Å². The quantitative estimate of drug-likeness (QED) is 0.839. The van der Waals surface area contributed by atoms with Crippen LogP contribution < -0.4 is 11.1 Å². The first-order valence-corrected chi connectivity index (χ1v) is 5.92. The molecule has 0 radical (unpaired) electrons. The Morgan fingerprint density at radius 3 is 2.47 bits per heavy atom. The summed E-state index contributed by atoms with van der Waals surface area (Å²) in [5.74, 6) is -0.370. The SMILES string of the molecule is NC1(C(=O)NCc2ccc(F)cc2)CCCC1. The van der Waals surface area contributed by atoms with Crippen LogP contribution in [0.1, 0.15) is 31.2 Å². The molecule has 0 atom stereocenters. The van der Waals surface area contributed by atoms with Gasteiger partial charge in [-0.25, -0.2) is 4.39 Å². The van der Waals surface area contributed by atoms with Crippen molar-refractivity contribution in [3.8, 4) is 0 Å². The zero-order chi connectivity index (χ0) is 12.3. The minimum absolute atomic E-state index is 0.0978. The van der Waals surface area contributed by atoms with Crippen molar-refractivity contribution in [2.24, 2.45) is 5.73 Å². The number of carbonyl (C=O) groups excluding carboxylic acids is 1. The lowest BCUT2D eigenvalue weighted by Gasteiger charge is -2.22. The molecule has 1 saturated carbocycles. The maximum atomic E-state index is 12.7. The molecule has 4 heteroatoms. The summed E-state index contributed by atoms with van der Waals surface area (Å²) in [6.45, 7) is 0.401. The molecule has 1 aliphatic carbocycles. The average Bonchev–Trinajstić information content (AvgIpc) is 2.76. The van der Waals surface area contributed by atoms with E-state index in [9.17, 15) is 9.18 Å². The van der Waals surface area contributed by atoms with Crippen molar-refractivity contribution in [1.82, 2.24) is 5.32 Å². The summed E-state index contributed by atoms with van der Waals surface area (Å²) in [5.41, 5.74) is 6.20. The highest BCUT2D eigenvalue weighted by molar-refractivity contribution is 5.86.